The molecule has 24 nitrogen and oxygen atoms in total. The summed E-state index contributed by atoms with van der Waals surface area (Å²) in [5, 5.41) is 65.7. The summed E-state index contributed by atoms with van der Waals surface area (Å²) in [6, 6.07) is 9.66. The van der Waals surface area contributed by atoms with Crippen molar-refractivity contribution in [3.05, 3.63) is 48.0 Å². The van der Waals surface area contributed by atoms with Gasteiger partial charge in [-0.3, -0.25) is 53.2 Å². The molecule has 0 radical (unpaired) electrons. The van der Waals surface area contributed by atoms with Crippen LogP contribution in [0.3, 0.4) is 0 Å². The molecule has 5 rings (SSSR count). The van der Waals surface area contributed by atoms with E-state index in [4.69, 9.17) is 5.11 Å². The van der Waals surface area contributed by atoms with Gasteiger partial charge in [-0.05, 0) is 74.1 Å². The Morgan fingerprint density at radius 1 is 0.587 bits per heavy atom. The third-order valence-electron chi connectivity index (χ3n) is 14.5. The first kappa shape index (κ1) is 59.1. The summed E-state index contributed by atoms with van der Waals surface area (Å²) in [7, 11) is 0. The predicted octanol–water partition coefficient (Wildman–Crippen LogP) is 0.809. The number of fused-ring (bicyclic) bond motifs is 1. The van der Waals surface area contributed by atoms with Crippen LogP contribution in [0, 0.1) is 17.3 Å². The second-order valence-electron chi connectivity index (χ2n) is 20.2. The average molecular weight is 1050 g/mol. The summed E-state index contributed by atoms with van der Waals surface area (Å²) in [5.41, 5.74) is 0.716. The second kappa shape index (κ2) is 28.8. The van der Waals surface area contributed by atoms with E-state index in [1.807, 2.05) is 47.4 Å². The lowest BCUT2D eigenvalue weighted by Gasteiger charge is -2.53. The van der Waals surface area contributed by atoms with Gasteiger partial charge in [-0.2, -0.15) is 0 Å². The summed E-state index contributed by atoms with van der Waals surface area (Å²) in [6.07, 6.45) is 2.48. The normalized spacial score (nSPS) is 18.5. The largest absolute Gasteiger partial charge is 0.481 e. The average Bonchev–Trinajstić information content (AvgIpc) is 3.33. The van der Waals surface area contributed by atoms with Crippen LogP contribution in [0.1, 0.15) is 69.8 Å². The minimum Gasteiger partial charge on any atom is -0.481 e. The van der Waals surface area contributed by atoms with Crippen LogP contribution < -0.4 is 16.0 Å². The Labute approximate surface area is 434 Å². The molecular weight excluding hydrogens is 981 g/mol. The van der Waals surface area contributed by atoms with Gasteiger partial charge < -0.3 is 51.5 Å². The van der Waals surface area contributed by atoms with Gasteiger partial charge in [0.15, 0.2) is 0 Å². The van der Waals surface area contributed by atoms with Crippen LogP contribution in [0.2, 0.25) is 0 Å². The number of urea groups is 1. The van der Waals surface area contributed by atoms with Crippen molar-refractivity contribution in [3.63, 3.8) is 0 Å². The van der Waals surface area contributed by atoms with E-state index in [0.29, 0.717) is 71.4 Å². The molecule has 2 aromatic rings. The minimum absolute atomic E-state index is 0.00489. The minimum atomic E-state index is -1.54. The van der Waals surface area contributed by atoms with Gasteiger partial charge in [0.2, 0.25) is 11.8 Å². The molecule has 2 aliphatic heterocycles. The molecule has 3 fully saturated rings. The Balaban J connectivity index is 1.13. The molecule has 2 saturated heterocycles. The Morgan fingerprint density at radius 3 is 1.57 bits per heavy atom. The van der Waals surface area contributed by atoms with Gasteiger partial charge in [-0.25, -0.2) is 14.4 Å². The van der Waals surface area contributed by atoms with Gasteiger partial charge >= 0.3 is 41.8 Å². The van der Waals surface area contributed by atoms with Crippen molar-refractivity contribution in [2.75, 3.05) is 98.2 Å². The zero-order valence-electron chi connectivity index (χ0n) is 42.2. The fourth-order valence-corrected chi connectivity index (χ4v) is 10.2. The van der Waals surface area contributed by atoms with E-state index in [1.165, 1.54) is 0 Å². The fraction of sp³-hybridized carbons (Fsp3) is 0.608. The van der Waals surface area contributed by atoms with Gasteiger partial charge in [-0.1, -0.05) is 42.5 Å². The van der Waals surface area contributed by atoms with E-state index in [0.717, 1.165) is 16.3 Å². The fourth-order valence-electron chi connectivity index (χ4n) is 10.2. The number of ketones is 1. The maximum Gasteiger partial charge on any atom is 0.326 e. The van der Waals surface area contributed by atoms with Crippen molar-refractivity contribution in [2.45, 2.75) is 82.7 Å². The number of hydrogen-bond donors (Lipinski definition) is 9. The smallest absolute Gasteiger partial charge is 0.326 e. The standard InChI is InChI=1S/C51H72N8O16/c60-41(27-38(26-34-8-9-35-5-1-2-6-37(35)25-34)47(70)52-16-4-3-7-39(48(71)72)53-50(75)54-40(49(73)74)10-11-43(62)63)36-12-14-51(15-13-36)32-59(33-51)42(61)28-55-17-19-56(29-44(64)65)21-23-58(31-46(68)69)24-22-57(20-18-55)30-45(66)67/h1-2,5-6,8-9,25,36,38-40H,3-4,7,10-24,26-33H2,(H,52,70)(H,62,63)(H,64,65)(H,66,67)(H,68,69)(H,71,72)(H,73,74)(H2,53,54,75)/t38-,39?,40+/m1/s1. The topological polar surface area (TPSA) is 344 Å². The van der Waals surface area contributed by atoms with Gasteiger partial charge in [0.05, 0.1) is 26.2 Å². The van der Waals surface area contributed by atoms with Crippen LogP contribution in [0.4, 0.5) is 4.79 Å². The Bertz CT molecular complexity index is 2320. The lowest BCUT2D eigenvalue weighted by molar-refractivity contribution is -0.149. The molecule has 75 heavy (non-hydrogen) atoms. The number of unbranched alkanes of at least 4 members (excludes halogenated alkanes) is 1. The summed E-state index contributed by atoms with van der Waals surface area (Å²) in [6.45, 7) is 2.70. The van der Waals surface area contributed by atoms with Crippen molar-refractivity contribution in [3.8, 4) is 0 Å². The molecule has 9 N–H and O–H groups in total. The molecular formula is C51H72N8O16. The number of carbonyl (C=O) groups is 10. The van der Waals surface area contributed by atoms with Crippen LogP contribution in [0.5, 0.6) is 0 Å². The van der Waals surface area contributed by atoms with E-state index < -0.39 is 72.7 Å². The first-order valence-electron chi connectivity index (χ1n) is 25.5. The number of nitrogens with zero attached hydrogens (tertiary/aromatic N) is 5. The lowest BCUT2D eigenvalue weighted by atomic mass is 9.64. The molecule has 3 atom stereocenters. The third kappa shape index (κ3) is 19.8. The summed E-state index contributed by atoms with van der Waals surface area (Å²) >= 11 is 0. The van der Waals surface area contributed by atoms with Crippen molar-refractivity contribution in [1.29, 1.82) is 0 Å². The monoisotopic (exact) mass is 1050 g/mol. The molecule has 0 bridgehead atoms. The van der Waals surface area contributed by atoms with Crippen molar-refractivity contribution in [1.82, 2.24) is 40.4 Å². The zero-order chi connectivity index (χ0) is 54.7. The molecule has 0 aromatic heterocycles. The number of aliphatic carboxylic acids is 6. The molecule has 2 aromatic carbocycles. The molecule has 2 heterocycles. The zero-order valence-corrected chi connectivity index (χ0v) is 42.2. The van der Waals surface area contributed by atoms with Gasteiger partial charge in [0.25, 0.3) is 0 Å². The van der Waals surface area contributed by atoms with Crippen LogP contribution in [0.25, 0.3) is 10.8 Å². The molecule has 1 saturated carbocycles. The Morgan fingerprint density at radius 2 is 1.08 bits per heavy atom. The van der Waals surface area contributed by atoms with Crippen LogP contribution in [-0.2, 0) is 49.6 Å². The molecule has 1 spiro atoms. The molecule has 24 heteroatoms. The predicted molar refractivity (Wildman–Crippen MR) is 269 cm³/mol. The Kier molecular flexibility index (Phi) is 22.7. The molecule has 1 unspecified atom stereocenters. The number of nitrogens with one attached hydrogen (secondary N) is 3. The Hall–Kier alpha value is -6.76. The SMILES string of the molecule is O=C(O)CC[C@H](NC(=O)NC(CCCCNC(=O)[C@@H](CC(=O)C1CCC2(CC1)CN(C(=O)CN1CCN(CC(=O)O)CCN(CC(=O)O)CCN(CC(=O)O)CC1)C2)Cc1ccc2ccccc2c1)C(=O)O)C(=O)O. The van der Waals surface area contributed by atoms with Crippen LogP contribution in [0.15, 0.2) is 42.5 Å². The number of hydrogen-bond acceptors (Lipinski definition) is 14. The van der Waals surface area contributed by atoms with E-state index in [2.05, 4.69) is 16.0 Å². The second-order valence-corrected chi connectivity index (χ2v) is 20.2. The number of likely N-dealkylation sites (tertiary alicyclic amines) is 1. The molecule has 1 aliphatic carbocycles. The van der Waals surface area contributed by atoms with Crippen LogP contribution in [-0.4, -0.2) is 225 Å². The first-order chi connectivity index (χ1) is 35.7. The summed E-state index contributed by atoms with van der Waals surface area (Å²) in [5.74, 6) is -8.71. The molecule has 4 amide bonds. The van der Waals surface area contributed by atoms with Gasteiger partial charge in [-0.15, -0.1) is 0 Å². The van der Waals surface area contributed by atoms with Crippen LogP contribution >= 0.6 is 0 Å². The lowest BCUT2D eigenvalue weighted by Crippen LogP contribution is -2.61. The highest BCUT2D eigenvalue weighted by Gasteiger charge is 2.48. The number of Topliss-reactive ketones (excluding diaryl/α,β-unsaturated/α-hetero) is 1. The maximum atomic E-state index is 14.1. The quantitative estimate of drug-likeness (QED) is 0.0589. The molecule has 3 aliphatic rings. The maximum absolute atomic E-state index is 14.1. The number of rotatable bonds is 26. The van der Waals surface area contributed by atoms with Gasteiger partial charge in [0.1, 0.15) is 17.9 Å². The number of amides is 4. The van der Waals surface area contributed by atoms with Crippen molar-refractivity contribution < 1.29 is 78.6 Å². The first-order valence-corrected chi connectivity index (χ1v) is 25.5. The van der Waals surface area contributed by atoms with E-state index in [9.17, 15) is 73.5 Å². The van der Waals surface area contributed by atoms with E-state index in [-0.39, 0.29) is 114 Å². The van der Waals surface area contributed by atoms with Crippen molar-refractivity contribution in [2.24, 2.45) is 17.3 Å². The van der Waals surface area contributed by atoms with Crippen molar-refractivity contribution >= 4 is 70.2 Å². The number of carbonyl (C=O) groups excluding carboxylic acids is 4. The number of carboxylic acids is 6. The summed E-state index contributed by atoms with van der Waals surface area (Å²) < 4.78 is 0. The highest BCUT2D eigenvalue weighted by Crippen LogP contribution is 2.46. The van der Waals surface area contributed by atoms with E-state index >= 15 is 0 Å². The number of carboxylic acid groups (broad SMARTS) is 6. The highest BCUT2D eigenvalue weighted by molar-refractivity contribution is 5.89. The van der Waals surface area contributed by atoms with E-state index in [1.54, 1.807) is 19.6 Å². The third-order valence-corrected chi connectivity index (χ3v) is 14.5. The highest BCUT2D eigenvalue weighted by atomic mass is 16.4. The molecule has 412 valence electrons. The number of benzene rings is 2. The summed E-state index contributed by atoms with van der Waals surface area (Å²) in [4.78, 5) is 132. The van der Waals surface area contributed by atoms with Gasteiger partial charge in [0, 0.05) is 102 Å².